The maximum Gasteiger partial charge on any atom is 0.243 e. The van der Waals surface area contributed by atoms with Crippen molar-refractivity contribution >= 4 is 0 Å². The largest absolute Gasteiger partial charge is 0.490 e. The van der Waals surface area contributed by atoms with E-state index in [1.807, 2.05) is 0 Å². The lowest BCUT2D eigenvalue weighted by molar-refractivity contribution is -0.671. The van der Waals surface area contributed by atoms with E-state index in [0.29, 0.717) is 0 Å². The highest BCUT2D eigenvalue weighted by Gasteiger charge is 2.10. The van der Waals surface area contributed by atoms with E-state index in [0.717, 1.165) is 44.1 Å². The molecule has 4 heteroatoms. The van der Waals surface area contributed by atoms with Crippen molar-refractivity contribution in [1.29, 1.82) is 0 Å². The van der Waals surface area contributed by atoms with Gasteiger partial charge in [-0.2, -0.15) is 0 Å². The number of benzene rings is 1. The van der Waals surface area contributed by atoms with E-state index in [1.54, 1.807) is 0 Å². The van der Waals surface area contributed by atoms with Gasteiger partial charge in [-0.15, -0.1) is 0 Å². The molecule has 270 valence electrons. The number of nitrogens with zero attached hydrogens (tertiary/aromatic N) is 2. The summed E-state index contributed by atoms with van der Waals surface area (Å²) in [6.45, 7) is 6.99. The number of hydrogen-bond acceptors (Lipinski definition) is 2. The molecule has 0 spiro atoms. The van der Waals surface area contributed by atoms with Crippen LogP contribution in [0.4, 0.5) is 0 Å². The maximum absolute atomic E-state index is 6.36. The number of rotatable bonds is 34. The van der Waals surface area contributed by atoms with E-state index < -0.39 is 0 Å². The van der Waals surface area contributed by atoms with E-state index in [1.165, 1.54) is 173 Å². The minimum Gasteiger partial charge on any atom is -0.490 e. The molecular formula is C43H77N2O2+. The molecule has 1 aromatic carbocycles. The minimum atomic E-state index is 0.773. The first-order chi connectivity index (χ1) is 23.2. The summed E-state index contributed by atoms with van der Waals surface area (Å²) in [7, 11) is 2.07. The maximum atomic E-state index is 6.36. The second-order valence-corrected chi connectivity index (χ2v) is 14.4. The first-order valence-electron chi connectivity index (χ1n) is 20.6. The molecule has 2 aromatic rings. The van der Waals surface area contributed by atoms with Gasteiger partial charge in [0.25, 0.3) is 0 Å². The fraction of sp³-hybridized carbons (Fsp3) is 0.791. The quantitative estimate of drug-likeness (QED) is 0.0555. The van der Waals surface area contributed by atoms with Crippen LogP contribution in [0.25, 0.3) is 0 Å². The molecule has 0 bridgehead atoms. The summed E-state index contributed by atoms with van der Waals surface area (Å²) in [5.74, 6) is 1.82. The molecule has 4 nitrogen and oxygen atoms in total. The highest BCUT2D eigenvalue weighted by molar-refractivity contribution is 5.43. The third-order valence-corrected chi connectivity index (χ3v) is 9.71. The molecule has 0 aliphatic heterocycles. The summed E-state index contributed by atoms with van der Waals surface area (Å²) < 4.78 is 16.9. The summed E-state index contributed by atoms with van der Waals surface area (Å²) in [6, 6.07) is 6.52. The van der Waals surface area contributed by atoms with Crippen molar-refractivity contribution in [3.05, 3.63) is 42.5 Å². The second-order valence-electron chi connectivity index (χ2n) is 14.4. The zero-order chi connectivity index (χ0) is 33.5. The van der Waals surface area contributed by atoms with Gasteiger partial charge in [-0.25, -0.2) is 9.13 Å². The van der Waals surface area contributed by atoms with Crippen LogP contribution in [-0.4, -0.2) is 17.8 Å². The zero-order valence-electron chi connectivity index (χ0n) is 31.6. The monoisotopic (exact) mass is 654 g/mol. The van der Waals surface area contributed by atoms with Gasteiger partial charge in [-0.1, -0.05) is 187 Å². The van der Waals surface area contributed by atoms with E-state index >= 15 is 0 Å². The van der Waals surface area contributed by atoms with Crippen LogP contribution in [0.15, 0.2) is 36.9 Å². The Hall–Kier alpha value is -1.97. The smallest absolute Gasteiger partial charge is 0.243 e. The van der Waals surface area contributed by atoms with Crippen LogP contribution >= 0.6 is 0 Å². The number of ether oxygens (including phenoxy) is 2. The predicted octanol–water partition coefficient (Wildman–Crippen LogP) is 13.1. The summed E-state index contributed by atoms with van der Waals surface area (Å²) >= 11 is 0. The fourth-order valence-electron chi connectivity index (χ4n) is 6.65. The van der Waals surface area contributed by atoms with Gasteiger partial charge in [-0.05, 0) is 30.5 Å². The van der Waals surface area contributed by atoms with E-state index in [-0.39, 0.29) is 0 Å². The van der Waals surface area contributed by atoms with Gasteiger partial charge < -0.3 is 9.47 Å². The molecule has 47 heavy (non-hydrogen) atoms. The fourth-order valence-corrected chi connectivity index (χ4v) is 6.65. The third-order valence-electron chi connectivity index (χ3n) is 9.71. The Kier molecular flexibility index (Phi) is 26.4. The Bertz CT molecular complexity index is 955. The van der Waals surface area contributed by atoms with Crippen molar-refractivity contribution in [2.75, 3.05) is 13.2 Å². The average molecular weight is 654 g/mol. The Balaban J connectivity index is 1.58. The topological polar surface area (TPSA) is 27.3 Å². The number of imidazole rings is 1. The lowest BCUT2D eigenvalue weighted by Gasteiger charge is -2.14. The van der Waals surface area contributed by atoms with E-state index in [2.05, 4.69) is 66.9 Å². The van der Waals surface area contributed by atoms with Crippen LogP contribution in [-0.2, 0) is 13.6 Å². The Labute approximate surface area is 292 Å². The van der Waals surface area contributed by atoms with Crippen molar-refractivity contribution in [1.82, 2.24) is 4.57 Å². The normalized spacial score (nSPS) is 11.4. The molecule has 2 rings (SSSR count). The van der Waals surface area contributed by atoms with Crippen molar-refractivity contribution in [3.8, 4) is 11.5 Å². The lowest BCUT2D eigenvalue weighted by atomic mass is 10.0. The first kappa shape index (κ1) is 41.2. The standard InChI is InChI=1S/C43H77N2O2/c1-4-6-8-10-12-14-16-18-20-22-24-26-28-30-36-46-42-33-32-41(39-45-35-34-44(3)40-45)38-43(42)47-37-31-29-27-25-23-21-19-17-15-13-11-9-7-5-2/h32-35,38,40H,4-31,36-37,39H2,1-3H3/q+1. The van der Waals surface area contributed by atoms with Crippen molar-refractivity contribution in [2.45, 2.75) is 200 Å². The third kappa shape index (κ3) is 23.1. The number of hydrogen-bond donors (Lipinski definition) is 0. The molecule has 0 fully saturated rings. The molecule has 0 amide bonds. The summed E-state index contributed by atoms with van der Waals surface area (Å²) in [5, 5.41) is 0. The van der Waals surface area contributed by atoms with Gasteiger partial charge in [0.05, 0.1) is 20.3 Å². The predicted molar refractivity (Wildman–Crippen MR) is 203 cm³/mol. The Morgan fingerprint density at radius 2 is 0.872 bits per heavy atom. The average Bonchev–Trinajstić information content (AvgIpc) is 3.49. The number of aryl methyl sites for hydroxylation is 1. The molecular weight excluding hydrogens is 576 g/mol. The van der Waals surface area contributed by atoms with E-state index in [9.17, 15) is 0 Å². The molecule has 0 saturated carbocycles. The van der Waals surface area contributed by atoms with Crippen LogP contribution in [0.1, 0.15) is 199 Å². The molecule has 0 N–H and O–H groups in total. The summed E-state index contributed by atoms with van der Waals surface area (Å²) in [6.07, 6.45) is 44.9. The minimum absolute atomic E-state index is 0.773. The van der Waals surface area contributed by atoms with Crippen molar-refractivity contribution in [3.63, 3.8) is 0 Å². The number of unbranched alkanes of at least 4 members (excludes halogenated alkanes) is 26. The Morgan fingerprint density at radius 1 is 0.489 bits per heavy atom. The van der Waals surface area contributed by atoms with Crippen LogP contribution in [0, 0.1) is 0 Å². The van der Waals surface area contributed by atoms with E-state index in [4.69, 9.17) is 9.47 Å². The zero-order valence-corrected chi connectivity index (χ0v) is 31.6. The van der Waals surface area contributed by atoms with Crippen molar-refractivity contribution < 1.29 is 14.0 Å². The van der Waals surface area contributed by atoms with Crippen LogP contribution < -0.4 is 14.0 Å². The van der Waals surface area contributed by atoms with Crippen LogP contribution in [0.2, 0.25) is 0 Å². The Morgan fingerprint density at radius 3 is 1.26 bits per heavy atom. The number of aromatic nitrogens is 2. The molecule has 0 aliphatic carbocycles. The van der Waals surface area contributed by atoms with Gasteiger partial charge in [0.2, 0.25) is 6.33 Å². The molecule has 0 radical (unpaired) electrons. The SMILES string of the molecule is CCCCCCCCCCCCCCCCOc1ccc(Cn2cc[n+](C)c2)cc1OCCCCCCCCCCCCCCCC. The van der Waals surface area contributed by atoms with Crippen LogP contribution in [0.3, 0.4) is 0 Å². The van der Waals surface area contributed by atoms with Crippen molar-refractivity contribution in [2.24, 2.45) is 7.05 Å². The van der Waals surface area contributed by atoms with Gasteiger partial charge in [0.1, 0.15) is 18.9 Å². The molecule has 0 unspecified atom stereocenters. The van der Waals surface area contributed by atoms with Gasteiger partial charge in [0.15, 0.2) is 11.5 Å². The summed E-state index contributed by atoms with van der Waals surface area (Å²) in [5.41, 5.74) is 1.25. The van der Waals surface area contributed by atoms with Gasteiger partial charge in [0, 0.05) is 0 Å². The first-order valence-corrected chi connectivity index (χ1v) is 20.6. The molecule has 0 saturated heterocycles. The van der Waals surface area contributed by atoms with Gasteiger partial charge in [-0.3, -0.25) is 0 Å². The van der Waals surface area contributed by atoms with Crippen LogP contribution in [0.5, 0.6) is 11.5 Å². The molecule has 0 atom stereocenters. The highest BCUT2D eigenvalue weighted by atomic mass is 16.5. The molecule has 1 aromatic heterocycles. The molecule has 1 heterocycles. The highest BCUT2D eigenvalue weighted by Crippen LogP contribution is 2.30. The summed E-state index contributed by atoms with van der Waals surface area (Å²) in [4.78, 5) is 0. The second kappa shape index (κ2) is 30.1. The molecule has 0 aliphatic rings. The van der Waals surface area contributed by atoms with Gasteiger partial charge >= 0.3 is 0 Å². The lowest BCUT2D eigenvalue weighted by Crippen LogP contribution is -2.23.